The molecule has 78 valence electrons. The van der Waals surface area contributed by atoms with Gasteiger partial charge in [0, 0.05) is 19.1 Å². The zero-order valence-corrected chi connectivity index (χ0v) is 8.45. The van der Waals surface area contributed by atoms with Crippen molar-refractivity contribution < 1.29 is 9.26 Å². The normalized spacial score (nSPS) is 18.6. The highest BCUT2D eigenvalue weighted by atomic mass is 16.5. The molecule has 0 bridgehead atoms. The van der Waals surface area contributed by atoms with Gasteiger partial charge < -0.3 is 14.6 Å². The number of hydrogen-bond acceptors (Lipinski definition) is 4. The van der Waals surface area contributed by atoms with Crippen LogP contribution in [0, 0.1) is 0 Å². The van der Waals surface area contributed by atoms with Crippen LogP contribution in [0.15, 0.2) is 10.6 Å². The van der Waals surface area contributed by atoms with E-state index < -0.39 is 0 Å². The molecule has 0 atom stereocenters. The van der Waals surface area contributed by atoms with Crippen LogP contribution < -0.4 is 5.32 Å². The van der Waals surface area contributed by atoms with Crippen LogP contribution in [0.25, 0.3) is 0 Å². The molecule has 1 aromatic heterocycles. The van der Waals surface area contributed by atoms with Crippen LogP contribution in [-0.4, -0.2) is 25.4 Å². The van der Waals surface area contributed by atoms with E-state index in [0.717, 1.165) is 37.4 Å². The van der Waals surface area contributed by atoms with Crippen LogP contribution in [0.4, 0.5) is 0 Å². The number of ether oxygens (including phenoxy) is 1. The Hall–Kier alpha value is -0.870. The van der Waals surface area contributed by atoms with E-state index in [2.05, 4.69) is 10.5 Å². The van der Waals surface area contributed by atoms with Gasteiger partial charge in [0.1, 0.15) is 6.61 Å². The van der Waals surface area contributed by atoms with Gasteiger partial charge in [-0.1, -0.05) is 5.16 Å². The molecule has 4 heteroatoms. The molecule has 1 aliphatic rings. The Morgan fingerprint density at radius 2 is 2.36 bits per heavy atom. The molecular formula is C10H16N2O2. The number of aromatic nitrogens is 1. The first-order valence-corrected chi connectivity index (χ1v) is 5.05. The van der Waals surface area contributed by atoms with Crippen LogP contribution in [0.5, 0.6) is 0 Å². The fourth-order valence-electron chi connectivity index (χ4n) is 1.85. The smallest absolute Gasteiger partial charge is 0.162 e. The molecule has 0 saturated carbocycles. The molecule has 0 aliphatic carbocycles. The predicted molar refractivity (Wildman–Crippen MR) is 52.1 cm³/mol. The zero-order valence-electron chi connectivity index (χ0n) is 8.45. The second kappa shape index (κ2) is 4.57. The van der Waals surface area contributed by atoms with Crippen molar-refractivity contribution in [1.82, 2.24) is 10.5 Å². The maximum atomic E-state index is 5.16. The summed E-state index contributed by atoms with van der Waals surface area (Å²) in [5.74, 6) is 1.38. The lowest BCUT2D eigenvalue weighted by Crippen LogP contribution is -2.26. The topological polar surface area (TPSA) is 47.3 Å². The zero-order chi connectivity index (χ0) is 9.80. The van der Waals surface area contributed by atoms with Crippen LogP contribution in [0.2, 0.25) is 0 Å². The maximum Gasteiger partial charge on any atom is 0.162 e. The molecule has 1 aromatic rings. The Morgan fingerprint density at radius 3 is 3.07 bits per heavy atom. The summed E-state index contributed by atoms with van der Waals surface area (Å²) >= 11 is 0. The SMILES string of the molecule is COCc1cc(C2CCNCC2)no1. The van der Waals surface area contributed by atoms with E-state index in [0.29, 0.717) is 12.5 Å². The molecule has 0 spiro atoms. The minimum Gasteiger partial charge on any atom is -0.377 e. The molecular weight excluding hydrogens is 180 g/mol. The highest BCUT2D eigenvalue weighted by Crippen LogP contribution is 2.24. The molecule has 1 N–H and O–H groups in total. The number of nitrogens with zero attached hydrogens (tertiary/aromatic N) is 1. The first kappa shape index (κ1) is 9.68. The molecule has 0 amide bonds. The van der Waals surface area contributed by atoms with Gasteiger partial charge >= 0.3 is 0 Å². The van der Waals surface area contributed by atoms with Gasteiger partial charge in [0.2, 0.25) is 0 Å². The quantitative estimate of drug-likeness (QED) is 0.791. The Bertz CT molecular complexity index is 279. The third-order valence-corrected chi connectivity index (χ3v) is 2.62. The standard InChI is InChI=1S/C10H16N2O2/c1-13-7-9-6-10(12-14-9)8-2-4-11-5-3-8/h6,8,11H,2-5,7H2,1H3. The summed E-state index contributed by atoms with van der Waals surface area (Å²) in [6.07, 6.45) is 2.30. The second-order valence-electron chi connectivity index (χ2n) is 3.68. The van der Waals surface area contributed by atoms with Crippen molar-refractivity contribution in [3.05, 3.63) is 17.5 Å². The van der Waals surface area contributed by atoms with Crippen molar-refractivity contribution in [2.24, 2.45) is 0 Å². The number of rotatable bonds is 3. The number of piperidine rings is 1. The van der Waals surface area contributed by atoms with E-state index in [9.17, 15) is 0 Å². The summed E-state index contributed by atoms with van der Waals surface area (Å²) in [6.45, 7) is 2.67. The van der Waals surface area contributed by atoms with Crippen LogP contribution in [0.1, 0.15) is 30.2 Å². The van der Waals surface area contributed by atoms with Crippen LogP contribution in [0.3, 0.4) is 0 Å². The highest BCUT2D eigenvalue weighted by molar-refractivity contribution is 5.11. The van der Waals surface area contributed by atoms with Crippen molar-refractivity contribution in [3.8, 4) is 0 Å². The van der Waals surface area contributed by atoms with E-state index in [4.69, 9.17) is 9.26 Å². The third-order valence-electron chi connectivity index (χ3n) is 2.62. The lowest BCUT2D eigenvalue weighted by molar-refractivity contribution is 0.155. The largest absolute Gasteiger partial charge is 0.377 e. The van der Waals surface area contributed by atoms with Crippen molar-refractivity contribution in [3.63, 3.8) is 0 Å². The highest BCUT2D eigenvalue weighted by Gasteiger charge is 2.18. The van der Waals surface area contributed by atoms with Crippen molar-refractivity contribution in [2.75, 3.05) is 20.2 Å². The Labute approximate surface area is 83.6 Å². The summed E-state index contributed by atoms with van der Waals surface area (Å²) in [7, 11) is 1.66. The van der Waals surface area contributed by atoms with E-state index in [-0.39, 0.29) is 0 Å². The van der Waals surface area contributed by atoms with Crippen LogP contribution in [-0.2, 0) is 11.3 Å². The van der Waals surface area contributed by atoms with Gasteiger partial charge in [0.15, 0.2) is 5.76 Å². The number of hydrogen-bond donors (Lipinski definition) is 1. The number of nitrogens with one attached hydrogen (secondary N) is 1. The summed E-state index contributed by atoms with van der Waals surface area (Å²) < 4.78 is 10.1. The minimum atomic E-state index is 0.512. The molecule has 2 heterocycles. The summed E-state index contributed by atoms with van der Waals surface area (Å²) in [5.41, 5.74) is 1.08. The average molecular weight is 196 g/mol. The Morgan fingerprint density at radius 1 is 1.57 bits per heavy atom. The van der Waals surface area contributed by atoms with Crippen molar-refractivity contribution in [1.29, 1.82) is 0 Å². The lowest BCUT2D eigenvalue weighted by Gasteiger charge is -2.19. The first-order chi connectivity index (χ1) is 6.90. The Balaban J connectivity index is 2.00. The molecule has 1 fully saturated rings. The molecule has 0 radical (unpaired) electrons. The van der Waals surface area contributed by atoms with Crippen molar-refractivity contribution >= 4 is 0 Å². The first-order valence-electron chi connectivity index (χ1n) is 5.05. The van der Waals surface area contributed by atoms with Gasteiger partial charge in [-0.2, -0.15) is 0 Å². The molecule has 0 aromatic carbocycles. The third kappa shape index (κ3) is 2.13. The minimum absolute atomic E-state index is 0.512. The summed E-state index contributed by atoms with van der Waals surface area (Å²) in [4.78, 5) is 0. The van der Waals surface area contributed by atoms with E-state index in [1.54, 1.807) is 7.11 Å². The van der Waals surface area contributed by atoms with Crippen molar-refractivity contribution in [2.45, 2.75) is 25.4 Å². The molecule has 0 unspecified atom stereocenters. The van der Waals surface area contributed by atoms with Gasteiger partial charge in [0.25, 0.3) is 0 Å². The van der Waals surface area contributed by atoms with Crippen LogP contribution >= 0.6 is 0 Å². The molecule has 2 rings (SSSR count). The summed E-state index contributed by atoms with van der Waals surface area (Å²) in [5, 5.41) is 7.41. The number of methoxy groups -OCH3 is 1. The average Bonchev–Trinajstić information content (AvgIpc) is 2.68. The Kier molecular flexibility index (Phi) is 3.16. The molecule has 14 heavy (non-hydrogen) atoms. The fourth-order valence-corrected chi connectivity index (χ4v) is 1.85. The second-order valence-corrected chi connectivity index (χ2v) is 3.68. The van der Waals surface area contributed by atoms with Gasteiger partial charge in [-0.15, -0.1) is 0 Å². The lowest BCUT2D eigenvalue weighted by atomic mass is 9.95. The van der Waals surface area contributed by atoms with Gasteiger partial charge in [0.05, 0.1) is 5.69 Å². The maximum absolute atomic E-state index is 5.16. The molecule has 4 nitrogen and oxygen atoms in total. The monoisotopic (exact) mass is 196 g/mol. The predicted octanol–water partition coefficient (Wildman–Crippen LogP) is 1.29. The fraction of sp³-hybridized carbons (Fsp3) is 0.700. The van der Waals surface area contributed by atoms with E-state index >= 15 is 0 Å². The van der Waals surface area contributed by atoms with E-state index in [1.807, 2.05) is 6.07 Å². The van der Waals surface area contributed by atoms with E-state index in [1.165, 1.54) is 0 Å². The molecule has 1 saturated heterocycles. The molecule has 1 aliphatic heterocycles. The van der Waals surface area contributed by atoms with Gasteiger partial charge in [-0.05, 0) is 25.9 Å². The summed E-state index contributed by atoms with van der Waals surface area (Å²) in [6, 6.07) is 2.01. The van der Waals surface area contributed by atoms with Gasteiger partial charge in [-0.25, -0.2) is 0 Å². The van der Waals surface area contributed by atoms with Gasteiger partial charge in [-0.3, -0.25) is 0 Å².